The average Bonchev–Trinajstić information content (AvgIpc) is 3.06. The molecule has 2 rings (SSSR count). The van der Waals surface area contributed by atoms with Gasteiger partial charge in [0.25, 0.3) is 0 Å². The highest BCUT2D eigenvalue weighted by molar-refractivity contribution is 5.80. The first-order valence-corrected chi connectivity index (χ1v) is 9.43. The van der Waals surface area contributed by atoms with E-state index in [1.165, 1.54) is 38.8 Å². The molecule has 0 saturated carbocycles. The summed E-state index contributed by atoms with van der Waals surface area (Å²) in [6.45, 7) is 7.84. The number of likely N-dealkylation sites (tertiary alicyclic amines) is 2. The number of guanidine groups is 1. The van der Waals surface area contributed by atoms with Gasteiger partial charge in [-0.25, -0.2) is 0 Å². The average molecular weight is 341 g/mol. The summed E-state index contributed by atoms with van der Waals surface area (Å²) in [5, 5.41) is 3.57. The van der Waals surface area contributed by atoms with Gasteiger partial charge in [-0.2, -0.15) is 0 Å². The highest BCUT2D eigenvalue weighted by atomic mass is 16.5. The first kappa shape index (κ1) is 19.5. The molecule has 1 atom stereocenters. The normalized spacial score (nSPS) is 23.9. The first-order valence-electron chi connectivity index (χ1n) is 9.43. The summed E-state index contributed by atoms with van der Waals surface area (Å²) in [4.78, 5) is 9.28. The van der Waals surface area contributed by atoms with Crippen molar-refractivity contribution in [2.24, 2.45) is 16.8 Å². The molecule has 0 amide bonds. The second kappa shape index (κ2) is 10.9. The largest absolute Gasteiger partial charge is 0.382 e. The summed E-state index contributed by atoms with van der Waals surface area (Å²) >= 11 is 0. The standard InChI is InChI=1S/C18H36N4O2/c1-19-18(20-8-4-16-5-9-21(2)10-6-16)22-11-7-17(14-22)15-24-13-12-23-3/h16-17H,4-15H2,1-3H3,(H,19,20). The molecule has 0 radical (unpaired) electrons. The lowest BCUT2D eigenvalue weighted by molar-refractivity contribution is 0.0536. The predicted octanol–water partition coefficient (Wildman–Crippen LogP) is 1.28. The predicted molar refractivity (Wildman–Crippen MR) is 98.6 cm³/mol. The Labute approximate surface area is 147 Å². The number of nitrogens with zero attached hydrogens (tertiary/aromatic N) is 3. The number of aliphatic imine (C=N–C) groups is 1. The van der Waals surface area contributed by atoms with Crippen LogP contribution in [0.15, 0.2) is 4.99 Å². The van der Waals surface area contributed by atoms with Crippen LogP contribution < -0.4 is 5.32 Å². The Morgan fingerprint density at radius 2 is 1.88 bits per heavy atom. The second-order valence-corrected chi connectivity index (χ2v) is 7.18. The number of piperidine rings is 1. The molecule has 1 unspecified atom stereocenters. The van der Waals surface area contributed by atoms with Crippen LogP contribution in [0.5, 0.6) is 0 Å². The highest BCUT2D eigenvalue weighted by Gasteiger charge is 2.25. The molecule has 0 aromatic rings. The van der Waals surface area contributed by atoms with Crippen LogP contribution in [0.4, 0.5) is 0 Å². The Bertz CT molecular complexity index is 370. The van der Waals surface area contributed by atoms with Crippen molar-refractivity contribution >= 4 is 5.96 Å². The molecule has 140 valence electrons. The van der Waals surface area contributed by atoms with Gasteiger partial charge in [0.2, 0.25) is 0 Å². The number of methoxy groups -OCH3 is 1. The van der Waals surface area contributed by atoms with Crippen molar-refractivity contribution in [1.82, 2.24) is 15.1 Å². The van der Waals surface area contributed by atoms with Crippen LogP contribution >= 0.6 is 0 Å². The maximum Gasteiger partial charge on any atom is 0.193 e. The van der Waals surface area contributed by atoms with Gasteiger partial charge in [-0.05, 0) is 51.7 Å². The fourth-order valence-electron chi connectivity index (χ4n) is 3.62. The van der Waals surface area contributed by atoms with Crippen LogP contribution in [0.1, 0.15) is 25.7 Å². The molecule has 2 aliphatic heterocycles. The van der Waals surface area contributed by atoms with Gasteiger partial charge in [0.05, 0.1) is 19.8 Å². The monoisotopic (exact) mass is 340 g/mol. The van der Waals surface area contributed by atoms with Crippen molar-refractivity contribution in [2.75, 3.05) is 73.7 Å². The van der Waals surface area contributed by atoms with Crippen LogP contribution in [-0.2, 0) is 9.47 Å². The van der Waals surface area contributed by atoms with Gasteiger partial charge < -0.3 is 24.6 Å². The fourth-order valence-corrected chi connectivity index (χ4v) is 3.62. The Balaban J connectivity index is 1.61. The summed E-state index contributed by atoms with van der Waals surface area (Å²) in [5.74, 6) is 2.53. The van der Waals surface area contributed by atoms with Gasteiger partial charge in [0, 0.05) is 39.7 Å². The Hall–Kier alpha value is -0.850. The van der Waals surface area contributed by atoms with Gasteiger partial charge in [0.15, 0.2) is 5.96 Å². The molecule has 2 aliphatic rings. The first-order chi connectivity index (χ1) is 11.7. The van der Waals surface area contributed by atoms with E-state index in [0.29, 0.717) is 19.1 Å². The fraction of sp³-hybridized carbons (Fsp3) is 0.944. The van der Waals surface area contributed by atoms with Crippen molar-refractivity contribution in [3.05, 3.63) is 0 Å². The van der Waals surface area contributed by atoms with E-state index in [1.54, 1.807) is 7.11 Å². The minimum absolute atomic E-state index is 0.606. The third-order valence-electron chi connectivity index (χ3n) is 5.26. The Kier molecular flexibility index (Phi) is 8.84. The number of nitrogens with one attached hydrogen (secondary N) is 1. The number of ether oxygens (including phenoxy) is 2. The van der Waals surface area contributed by atoms with E-state index in [2.05, 4.69) is 27.2 Å². The lowest BCUT2D eigenvalue weighted by Crippen LogP contribution is -2.41. The Morgan fingerprint density at radius 3 is 2.58 bits per heavy atom. The molecule has 0 aromatic heterocycles. The maximum atomic E-state index is 5.67. The van der Waals surface area contributed by atoms with Crippen molar-refractivity contribution in [2.45, 2.75) is 25.7 Å². The lowest BCUT2D eigenvalue weighted by atomic mass is 9.94. The van der Waals surface area contributed by atoms with Gasteiger partial charge in [0.1, 0.15) is 0 Å². The zero-order chi connectivity index (χ0) is 17.2. The van der Waals surface area contributed by atoms with Gasteiger partial charge >= 0.3 is 0 Å². The molecule has 6 nitrogen and oxygen atoms in total. The van der Waals surface area contributed by atoms with Crippen LogP contribution in [0.25, 0.3) is 0 Å². The SMILES string of the molecule is CN=C(NCCC1CCN(C)CC1)N1CCC(COCCOC)C1. The molecular weight excluding hydrogens is 304 g/mol. The minimum atomic E-state index is 0.606. The van der Waals surface area contributed by atoms with Crippen molar-refractivity contribution in [3.8, 4) is 0 Å². The van der Waals surface area contributed by atoms with Crippen LogP contribution in [0, 0.1) is 11.8 Å². The molecule has 0 bridgehead atoms. The zero-order valence-electron chi connectivity index (χ0n) is 15.8. The summed E-state index contributed by atoms with van der Waals surface area (Å²) in [7, 11) is 5.82. The van der Waals surface area contributed by atoms with E-state index in [1.807, 2.05) is 7.05 Å². The number of rotatable bonds is 8. The molecule has 1 N–H and O–H groups in total. The van der Waals surface area contributed by atoms with E-state index in [0.717, 1.165) is 38.1 Å². The molecule has 2 fully saturated rings. The maximum absolute atomic E-state index is 5.67. The van der Waals surface area contributed by atoms with E-state index in [9.17, 15) is 0 Å². The van der Waals surface area contributed by atoms with Crippen LogP contribution in [0.2, 0.25) is 0 Å². The van der Waals surface area contributed by atoms with Crippen molar-refractivity contribution in [3.63, 3.8) is 0 Å². The van der Waals surface area contributed by atoms with Crippen LogP contribution in [0.3, 0.4) is 0 Å². The van der Waals surface area contributed by atoms with E-state index >= 15 is 0 Å². The molecule has 6 heteroatoms. The second-order valence-electron chi connectivity index (χ2n) is 7.18. The highest BCUT2D eigenvalue weighted by Crippen LogP contribution is 2.19. The van der Waals surface area contributed by atoms with E-state index in [-0.39, 0.29) is 0 Å². The van der Waals surface area contributed by atoms with Crippen LogP contribution in [-0.4, -0.2) is 89.5 Å². The molecule has 2 saturated heterocycles. The molecule has 2 heterocycles. The van der Waals surface area contributed by atoms with Gasteiger partial charge in [-0.3, -0.25) is 4.99 Å². The third kappa shape index (κ3) is 6.57. The van der Waals surface area contributed by atoms with Gasteiger partial charge in [-0.15, -0.1) is 0 Å². The van der Waals surface area contributed by atoms with Gasteiger partial charge in [-0.1, -0.05) is 0 Å². The summed E-state index contributed by atoms with van der Waals surface area (Å²) in [6.07, 6.45) is 5.11. The quantitative estimate of drug-likeness (QED) is 0.410. The molecule has 0 aromatic carbocycles. The smallest absolute Gasteiger partial charge is 0.193 e. The van der Waals surface area contributed by atoms with E-state index in [4.69, 9.17) is 9.47 Å². The summed E-state index contributed by atoms with van der Waals surface area (Å²) in [5.41, 5.74) is 0. The Morgan fingerprint density at radius 1 is 1.12 bits per heavy atom. The van der Waals surface area contributed by atoms with E-state index < -0.39 is 0 Å². The minimum Gasteiger partial charge on any atom is -0.382 e. The summed E-state index contributed by atoms with van der Waals surface area (Å²) < 4.78 is 10.7. The molecule has 0 spiro atoms. The zero-order valence-corrected chi connectivity index (χ0v) is 15.8. The summed E-state index contributed by atoms with van der Waals surface area (Å²) in [6, 6.07) is 0. The number of hydrogen-bond donors (Lipinski definition) is 1. The topological polar surface area (TPSA) is 49.3 Å². The third-order valence-corrected chi connectivity index (χ3v) is 5.26. The van der Waals surface area contributed by atoms with Crippen molar-refractivity contribution in [1.29, 1.82) is 0 Å². The molecule has 24 heavy (non-hydrogen) atoms. The molecule has 0 aliphatic carbocycles. The number of hydrogen-bond acceptors (Lipinski definition) is 4. The lowest BCUT2D eigenvalue weighted by Gasteiger charge is -2.29. The van der Waals surface area contributed by atoms with Crippen molar-refractivity contribution < 1.29 is 9.47 Å². The molecular formula is C18H36N4O2.